The number of carboxylic acids is 1. The number of carbonyl (C=O) groups excluding carboxylic acids is 1. The Morgan fingerprint density at radius 1 is 1.63 bits per heavy atom. The maximum atomic E-state index is 10.8. The van der Waals surface area contributed by atoms with Gasteiger partial charge in [-0.15, -0.1) is 0 Å². The van der Waals surface area contributed by atoms with E-state index in [1.165, 1.54) is 0 Å². The number of carbonyl (C=O) groups is 2. The predicted molar refractivity (Wildman–Crippen MR) is 74.0 cm³/mol. The van der Waals surface area contributed by atoms with Gasteiger partial charge in [0.05, 0.1) is 5.69 Å². The van der Waals surface area contributed by atoms with Crippen LogP contribution in [-0.4, -0.2) is 39.1 Å². The molecule has 106 valence electrons. The SMILES string of the molecule is CC(C)n1ccc(CSCCC(NC=O)C(=O)O)n1. The molecule has 1 rings (SSSR count). The highest BCUT2D eigenvalue weighted by Crippen LogP contribution is 2.13. The number of hydrogen-bond acceptors (Lipinski definition) is 4. The molecular formula is C12H19N3O3S. The molecule has 0 aliphatic rings. The Bertz CT molecular complexity index is 420. The highest BCUT2D eigenvalue weighted by atomic mass is 32.2. The summed E-state index contributed by atoms with van der Waals surface area (Å²) in [6, 6.07) is 1.50. The van der Waals surface area contributed by atoms with Gasteiger partial charge in [0.25, 0.3) is 0 Å². The molecule has 0 fully saturated rings. The van der Waals surface area contributed by atoms with E-state index in [-0.39, 0.29) is 0 Å². The number of rotatable bonds is 9. The van der Waals surface area contributed by atoms with E-state index in [1.54, 1.807) is 11.8 Å². The number of thioether (sulfide) groups is 1. The molecule has 0 bridgehead atoms. The molecule has 0 saturated carbocycles. The minimum atomic E-state index is -1.00. The van der Waals surface area contributed by atoms with Gasteiger partial charge in [0.2, 0.25) is 6.41 Å². The van der Waals surface area contributed by atoms with E-state index < -0.39 is 12.0 Å². The van der Waals surface area contributed by atoms with Crippen molar-refractivity contribution >= 4 is 24.1 Å². The summed E-state index contributed by atoms with van der Waals surface area (Å²) in [4.78, 5) is 21.0. The first-order valence-electron chi connectivity index (χ1n) is 6.09. The Labute approximate surface area is 116 Å². The Balaban J connectivity index is 2.29. The first-order valence-corrected chi connectivity index (χ1v) is 7.24. The lowest BCUT2D eigenvalue weighted by atomic mass is 10.2. The first kappa shape index (κ1) is 15.6. The number of carboxylic acid groups (broad SMARTS) is 1. The van der Waals surface area contributed by atoms with Crippen LogP contribution < -0.4 is 5.32 Å². The number of aromatic nitrogens is 2. The van der Waals surface area contributed by atoms with Gasteiger partial charge in [0, 0.05) is 18.0 Å². The fourth-order valence-electron chi connectivity index (χ4n) is 1.48. The fraction of sp³-hybridized carbons (Fsp3) is 0.583. The summed E-state index contributed by atoms with van der Waals surface area (Å²) in [5.41, 5.74) is 0.980. The summed E-state index contributed by atoms with van der Waals surface area (Å²) in [6.45, 7) is 4.12. The summed E-state index contributed by atoms with van der Waals surface area (Å²) in [5, 5.41) is 15.5. The zero-order valence-electron chi connectivity index (χ0n) is 11.1. The van der Waals surface area contributed by atoms with E-state index in [2.05, 4.69) is 24.3 Å². The maximum absolute atomic E-state index is 10.8. The molecule has 1 atom stereocenters. The topological polar surface area (TPSA) is 84.2 Å². The molecule has 0 radical (unpaired) electrons. The molecule has 1 unspecified atom stereocenters. The molecule has 0 saturated heterocycles. The summed E-state index contributed by atoms with van der Waals surface area (Å²) < 4.78 is 1.89. The second kappa shape index (κ2) is 7.83. The largest absolute Gasteiger partial charge is 0.480 e. The number of nitrogens with zero attached hydrogens (tertiary/aromatic N) is 2. The lowest BCUT2D eigenvalue weighted by Crippen LogP contribution is -2.36. The highest BCUT2D eigenvalue weighted by Gasteiger charge is 2.15. The lowest BCUT2D eigenvalue weighted by molar-refractivity contribution is -0.140. The summed E-state index contributed by atoms with van der Waals surface area (Å²) >= 11 is 1.61. The number of aliphatic carboxylic acids is 1. The van der Waals surface area contributed by atoms with Gasteiger partial charge in [-0.25, -0.2) is 4.79 Å². The molecule has 19 heavy (non-hydrogen) atoms. The summed E-state index contributed by atoms with van der Waals surface area (Å²) in [6.07, 6.45) is 2.77. The van der Waals surface area contributed by atoms with Crippen LogP contribution in [0.3, 0.4) is 0 Å². The molecule has 1 amide bonds. The van der Waals surface area contributed by atoms with Crippen molar-refractivity contribution in [3.05, 3.63) is 18.0 Å². The second-order valence-electron chi connectivity index (χ2n) is 4.40. The Kier molecular flexibility index (Phi) is 6.41. The van der Waals surface area contributed by atoms with Crippen LogP contribution in [0.15, 0.2) is 12.3 Å². The Morgan fingerprint density at radius 2 is 2.37 bits per heavy atom. The molecular weight excluding hydrogens is 266 g/mol. The lowest BCUT2D eigenvalue weighted by Gasteiger charge is -2.09. The highest BCUT2D eigenvalue weighted by molar-refractivity contribution is 7.98. The molecule has 0 spiro atoms. The molecule has 1 aromatic heterocycles. The minimum Gasteiger partial charge on any atom is -0.480 e. The number of nitrogens with one attached hydrogen (secondary N) is 1. The van der Waals surface area contributed by atoms with Crippen LogP contribution in [0.2, 0.25) is 0 Å². The molecule has 0 aliphatic carbocycles. The van der Waals surface area contributed by atoms with Crippen LogP contribution in [0.25, 0.3) is 0 Å². The van der Waals surface area contributed by atoms with Gasteiger partial charge < -0.3 is 10.4 Å². The van der Waals surface area contributed by atoms with Crippen LogP contribution in [0, 0.1) is 0 Å². The Morgan fingerprint density at radius 3 is 2.89 bits per heavy atom. The van der Waals surface area contributed by atoms with Crippen molar-refractivity contribution in [2.45, 2.75) is 38.1 Å². The molecule has 1 heterocycles. The average Bonchev–Trinajstić information content (AvgIpc) is 2.81. The zero-order chi connectivity index (χ0) is 14.3. The fourth-order valence-corrected chi connectivity index (χ4v) is 2.39. The van der Waals surface area contributed by atoms with E-state index in [9.17, 15) is 9.59 Å². The molecule has 0 aromatic carbocycles. The molecule has 7 heteroatoms. The van der Waals surface area contributed by atoms with Crippen molar-refractivity contribution in [3.8, 4) is 0 Å². The summed E-state index contributed by atoms with van der Waals surface area (Å²) in [5.74, 6) is 0.399. The van der Waals surface area contributed by atoms with E-state index in [0.717, 1.165) is 11.4 Å². The van der Waals surface area contributed by atoms with Gasteiger partial charge in [0.15, 0.2) is 0 Å². The zero-order valence-corrected chi connectivity index (χ0v) is 11.9. The van der Waals surface area contributed by atoms with Crippen LogP contribution >= 0.6 is 11.8 Å². The van der Waals surface area contributed by atoms with Crippen LogP contribution in [0.4, 0.5) is 0 Å². The number of hydrogen-bond donors (Lipinski definition) is 2. The normalized spacial score (nSPS) is 12.4. The van der Waals surface area contributed by atoms with Gasteiger partial charge in [-0.1, -0.05) is 0 Å². The average molecular weight is 285 g/mol. The van der Waals surface area contributed by atoms with Gasteiger partial charge in [0.1, 0.15) is 6.04 Å². The second-order valence-corrected chi connectivity index (χ2v) is 5.50. The van der Waals surface area contributed by atoms with Crippen LogP contribution in [0.1, 0.15) is 32.0 Å². The van der Waals surface area contributed by atoms with Crippen LogP contribution in [-0.2, 0) is 15.3 Å². The maximum Gasteiger partial charge on any atom is 0.326 e. The van der Waals surface area contributed by atoms with Crippen molar-refractivity contribution in [1.29, 1.82) is 0 Å². The van der Waals surface area contributed by atoms with E-state index >= 15 is 0 Å². The molecule has 0 aliphatic heterocycles. The molecule has 1 aromatic rings. The van der Waals surface area contributed by atoms with Gasteiger partial charge in [-0.3, -0.25) is 9.48 Å². The smallest absolute Gasteiger partial charge is 0.326 e. The van der Waals surface area contributed by atoms with Crippen molar-refractivity contribution in [1.82, 2.24) is 15.1 Å². The third-order valence-corrected chi connectivity index (χ3v) is 3.59. The standard InChI is InChI=1S/C12H19N3O3S/c1-9(2)15-5-3-10(14-15)7-19-6-4-11(12(17)18)13-8-16/h3,5,8-9,11H,4,6-7H2,1-2H3,(H,13,16)(H,17,18). The monoisotopic (exact) mass is 285 g/mol. The van der Waals surface area contributed by atoms with Crippen molar-refractivity contribution in [2.75, 3.05) is 5.75 Å². The number of amides is 1. The third-order valence-electron chi connectivity index (χ3n) is 2.56. The minimum absolute atomic E-state index is 0.340. The third kappa shape index (κ3) is 5.34. The predicted octanol–water partition coefficient (Wildman–Crippen LogP) is 1.29. The van der Waals surface area contributed by atoms with Crippen LogP contribution in [0.5, 0.6) is 0 Å². The van der Waals surface area contributed by atoms with Gasteiger partial charge in [-0.05, 0) is 32.1 Å². The summed E-state index contributed by atoms with van der Waals surface area (Å²) in [7, 11) is 0. The van der Waals surface area contributed by atoms with Crippen molar-refractivity contribution in [3.63, 3.8) is 0 Å². The van der Waals surface area contributed by atoms with Gasteiger partial charge in [-0.2, -0.15) is 16.9 Å². The van der Waals surface area contributed by atoms with E-state index in [0.29, 0.717) is 24.6 Å². The molecule has 6 nitrogen and oxygen atoms in total. The van der Waals surface area contributed by atoms with E-state index in [4.69, 9.17) is 5.11 Å². The van der Waals surface area contributed by atoms with Gasteiger partial charge >= 0.3 is 5.97 Å². The first-order chi connectivity index (χ1) is 9.04. The van der Waals surface area contributed by atoms with E-state index in [1.807, 2.05) is 16.9 Å². The quantitative estimate of drug-likeness (QED) is 0.527. The van der Waals surface area contributed by atoms with Crippen molar-refractivity contribution in [2.24, 2.45) is 0 Å². The Hall–Kier alpha value is -1.50. The molecule has 2 N–H and O–H groups in total. The van der Waals surface area contributed by atoms with Crippen molar-refractivity contribution < 1.29 is 14.7 Å².